The molecule has 0 aliphatic carbocycles. The molecule has 0 radical (unpaired) electrons. The van der Waals surface area contributed by atoms with E-state index in [9.17, 15) is 0 Å². The maximum atomic E-state index is 4.98. The molecule has 116 valence electrons. The Hall–Kier alpha value is 0.270. The average Bonchev–Trinajstić information content (AvgIpc) is 2.43. The van der Waals surface area contributed by atoms with Crippen LogP contribution in [0.5, 0.6) is 0 Å². The van der Waals surface area contributed by atoms with Crippen LogP contribution in [0.1, 0.15) is 89.9 Å². The van der Waals surface area contributed by atoms with E-state index >= 15 is 0 Å². The topological polar surface area (TPSA) is 35.2 Å². The van der Waals surface area contributed by atoms with Crippen LogP contribution in [0, 0.1) is 0 Å². The van der Waals surface area contributed by atoms with Crippen LogP contribution < -0.4 is 5.90 Å². The lowest BCUT2D eigenvalue weighted by Crippen LogP contribution is -2.00. The molecule has 0 unspecified atom stereocenters. The molecule has 0 heterocycles. The van der Waals surface area contributed by atoms with Crippen LogP contribution in [0.15, 0.2) is 0 Å². The normalized spacial score (nSPS) is 11.1. The maximum Gasteiger partial charge on any atom is 0.0679 e. The largest absolute Gasteiger partial charge is 0.305 e. The molecule has 0 aromatic heterocycles. The fourth-order valence-electron chi connectivity index (χ4n) is 2.42. The van der Waals surface area contributed by atoms with E-state index in [1.54, 1.807) is 0 Å². The number of nitrogens with two attached hydrogens (primary N) is 1. The molecule has 19 heavy (non-hydrogen) atoms. The van der Waals surface area contributed by atoms with E-state index < -0.39 is 0 Å². The Morgan fingerprint density at radius 3 is 1.16 bits per heavy atom. The van der Waals surface area contributed by atoms with E-state index in [1.165, 1.54) is 83.5 Å². The highest BCUT2D eigenvalue weighted by molar-refractivity contribution is 7.80. The summed E-state index contributed by atoms with van der Waals surface area (Å²) in [6, 6.07) is 0. The van der Waals surface area contributed by atoms with Gasteiger partial charge in [0.15, 0.2) is 0 Å². The molecule has 2 nitrogen and oxygen atoms in total. The Morgan fingerprint density at radius 2 is 0.842 bits per heavy atom. The molecule has 0 aliphatic heterocycles. The minimum Gasteiger partial charge on any atom is -0.305 e. The molecule has 0 amide bonds. The van der Waals surface area contributed by atoms with Crippen LogP contribution in [0.3, 0.4) is 0 Å². The summed E-state index contributed by atoms with van der Waals surface area (Å²) in [5.41, 5.74) is 0. The smallest absolute Gasteiger partial charge is 0.0679 e. The third kappa shape index (κ3) is 18.3. The molecule has 0 saturated heterocycles. The van der Waals surface area contributed by atoms with E-state index in [-0.39, 0.29) is 0 Å². The van der Waals surface area contributed by atoms with Crippen LogP contribution in [-0.4, -0.2) is 12.4 Å². The van der Waals surface area contributed by atoms with Gasteiger partial charge in [0.25, 0.3) is 0 Å². The minimum atomic E-state index is 0.716. The lowest BCUT2D eigenvalue weighted by molar-refractivity contribution is 0.133. The Bertz CT molecular complexity index is 140. The van der Waals surface area contributed by atoms with Crippen LogP contribution in [0.2, 0.25) is 0 Å². The van der Waals surface area contributed by atoms with Crippen molar-refractivity contribution in [3.63, 3.8) is 0 Å². The molecule has 0 rings (SSSR count). The number of hydrogen-bond acceptors (Lipinski definition) is 3. The standard InChI is InChI=1S/C16H35NOS/c17-18-15-13-11-9-7-5-3-1-2-4-6-8-10-12-14-16-19/h19H,1-17H2. The lowest BCUT2D eigenvalue weighted by atomic mass is 10.0. The Morgan fingerprint density at radius 1 is 0.526 bits per heavy atom. The van der Waals surface area contributed by atoms with E-state index in [1.807, 2.05) is 0 Å². The monoisotopic (exact) mass is 289 g/mol. The Balaban J connectivity index is 2.88. The Labute approximate surface area is 126 Å². The van der Waals surface area contributed by atoms with Crippen molar-refractivity contribution >= 4 is 12.6 Å². The molecule has 3 heteroatoms. The first-order valence-corrected chi connectivity index (χ1v) is 8.97. The summed E-state index contributed by atoms with van der Waals surface area (Å²) in [6.07, 6.45) is 19.2. The second-order valence-electron chi connectivity index (χ2n) is 5.54. The predicted octanol–water partition coefficient (Wildman–Crippen LogP) is 5.27. The summed E-state index contributed by atoms with van der Waals surface area (Å²) in [5, 5.41) is 0. The third-order valence-electron chi connectivity index (χ3n) is 3.67. The van der Waals surface area contributed by atoms with Crippen molar-refractivity contribution in [1.29, 1.82) is 0 Å². The van der Waals surface area contributed by atoms with Gasteiger partial charge in [-0.05, 0) is 18.6 Å². The van der Waals surface area contributed by atoms with E-state index in [0.29, 0.717) is 6.61 Å². The quantitative estimate of drug-likeness (QED) is 0.231. The van der Waals surface area contributed by atoms with Gasteiger partial charge in [-0.15, -0.1) is 0 Å². The molecule has 0 fully saturated rings. The first-order chi connectivity index (χ1) is 9.41. The number of hydrogen-bond donors (Lipinski definition) is 2. The van der Waals surface area contributed by atoms with Crippen molar-refractivity contribution in [3.8, 4) is 0 Å². The van der Waals surface area contributed by atoms with Crippen LogP contribution in [0.25, 0.3) is 0 Å². The van der Waals surface area contributed by atoms with E-state index in [0.717, 1.165) is 12.2 Å². The fraction of sp³-hybridized carbons (Fsp3) is 1.00. The highest BCUT2D eigenvalue weighted by atomic mass is 32.1. The summed E-state index contributed by atoms with van der Waals surface area (Å²) >= 11 is 4.23. The van der Waals surface area contributed by atoms with Crippen LogP contribution in [0.4, 0.5) is 0 Å². The first-order valence-electron chi connectivity index (χ1n) is 8.34. The van der Waals surface area contributed by atoms with Gasteiger partial charge in [0.2, 0.25) is 0 Å². The summed E-state index contributed by atoms with van der Waals surface area (Å²) in [4.78, 5) is 4.55. The van der Waals surface area contributed by atoms with Gasteiger partial charge in [-0.1, -0.05) is 77.0 Å². The predicted molar refractivity (Wildman–Crippen MR) is 88.6 cm³/mol. The lowest BCUT2D eigenvalue weighted by Gasteiger charge is -2.03. The summed E-state index contributed by atoms with van der Waals surface area (Å²) < 4.78 is 0. The number of rotatable bonds is 16. The minimum absolute atomic E-state index is 0.716. The van der Waals surface area contributed by atoms with Gasteiger partial charge in [0.1, 0.15) is 0 Å². The zero-order valence-electron chi connectivity index (χ0n) is 12.7. The molecule has 2 N–H and O–H groups in total. The van der Waals surface area contributed by atoms with Gasteiger partial charge in [-0.25, -0.2) is 5.90 Å². The molecular weight excluding hydrogens is 254 g/mol. The summed E-state index contributed by atoms with van der Waals surface area (Å²) in [7, 11) is 0. The summed E-state index contributed by atoms with van der Waals surface area (Å²) in [6.45, 7) is 0.716. The molecule has 0 spiro atoms. The van der Waals surface area contributed by atoms with Crippen molar-refractivity contribution in [2.45, 2.75) is 89.9 Å². The first kappa shape index (κ1) is 19.3. The zero-order chi connectivity index (χ0) is 14.0. The van der Waals surface area contributed by atoms with Crippen molar-refractivity contribution in [3.05, 3.63) is 0 Å². The van der Waals surface area contributed by atoms with Crippen molar-refractivity contribution in [2.75, 3.05) is 12.4 Å². The average molecular weight is 290 g/mol. The van der Waals surface area contributed by atoms with Gasteiger partial charge in [-0.2, -0.15) is 12.6 Å². The molecular formula is C16H35NOS. The summed E-state index contributed by atoms with van der Waals surface area (Å²) in [5.74, 6) is 6.03. The van der Waals surface area contributed by atoms with Crippen molar-refractivity contribution in [2.24, 2.45) is 5.90 Å². The molecule has 0 aromatic rings. The van der Waals surface area contributed by atoms with E-state index in [2.05, 4.69) is 17.5 Å². The highest BCUT2D eigenvalue weighted by Crippen LogP contribution is 2.12. The fourth-order valence-corrected chi connectivity index (χ4v) is 2.64. The van der Waals surface area contributed by atoms with Gasteiger partial charge in [0.05, 0.1) is 6.61 Å². The van der Waals surface area contributed by atoms with Gasteiger partial charge < -0.3 is 4.84 Å². The third-order valence-corrected chi connectivity index (χ3v) is 3.99. The molecule has 0 saturated carbocycles. The van der Waals surface area contributed by atoms with Crippen molar-refractivity contribution < 1.29 is 4.84 Å². The second kappa shape index (κ2) is 18.3. The zero-order valence-corrected chi connectivity index (χ0v) is 13.6. The number of unbranched alkanes of at least 4 members (excludes halogenated alkanes) is 13. The highest BCUT2D eigenvalue weighted by Gasteiger charge is 1.94. The van der Waals surface area contributed by atoms with Gasteiger partial charge in [-0.3, -0.25) is 0 Å². The van der Waals surface area contributed by atoms with Gasteiger partial charge in [0, 0.05) is 0 Å². The van der Waals surface area contributed by atoms with Gasteiger partial charge >= 0.3 is 0 Å². The maximum absolute atomic E-state index is 4.98. The Kier molecular flexibility index (Phi) is 18.5. The van der Waals surface area contributed by atoms with Crippen LogP contribution in [-0.2, 0) is 4.84 Å². The van der Waals surface area contributed by atoms with Crippen molar-refractivity contribution in [1.82, 2.24) is 0 Å². The second-order valence-corrected chi connectivity index (χ2v) is 5.99. The SMILES string of the molecule is NOCCCCCCCCCCCCCCCCS. The van der Waals surface area contributed by atoms with Crippen LogP contribution >= 0.6 is 12.6 Å². The molecule has 0 aliphatic rings. The van der Waals surface area contributed by atoms with E-state index in [4.69, 9.17) is 5.90 Å². The molecule has 0 atom stereocenters. The molecule has 0 bridgehead atoms. The molecule has 0 aromatic carbocycles. The number of thiol groups is 1.